The highest BCUT2D eigenvalue weighted by Gasteiger charge is 2.11. The molecule has 0 aliphatic rings. The van der Waals surface area contributed by atoms with Crippen LogP contribution < -0.4 is 11.1 Å². The molecule has 0 saturated carbocycles. The summed E-state index contributed by atoms with van der Waals surface area (Å²) in [5, 5.41) is 24.0. The van der Waals surface area contributed by atoms with Crippen molar-refractivity contribution in [2.45, 2.75) is 0 Å². The van der Waals surface area contributed by atoms with Crippen LogP contribution >= 0.6 is 0 Å². The van der Waals surface area contributed by atoms with Gasteiger partial charge in [-0.15, -0.1) is 0 Å². The van der Waals surface area contributed by atoms with Crippen molar-refractivity contribution in [3.8, 4) is 22.9 Å². The first-order valence-corrected chi connectivity index (χ1v) is 7.88. The van der Waals surface area contributed by atoms with E-state index in [9.17, 15) is 10.2 Å². The number of phenolic OH excluding ortho intramolecular Hbond substituents is 2. The van der Waals surface area contributed by atoms with Gasteiger partial charge in [-0.25, -0.2) is 0 Å². The highest BCUT2D eigenvalue weighted by atomic mass is 16.3. The van der Waals surface area contributed by atoms with Crippen LogP contribution in [0.4, 0.5) is 17.6 Å². The Labute approximate surface area is 148 Å². The molecular weight excluding hydrogens is 330 g/mol. The van der Waals surface area contributed by atoms with Crippen LogP contribution in [0.3, 0.4) is 0 Å². The topological polar surface area (TPSA) is 117 Å². The molecule has 0 amide bonds. The third kappa shape index (κ3) is 3.05. The number of anilines is 3. The second-order valence-corrected chi connectivity index (χ2v) is 5.73. The van der Waals surface area contributed by atoms with Crippen LogP contribution in [-0.2, 0) is 0 Å². The fraction of sp³-hybridized carbons (Fsp3) is 0. The Morgan fingerprint density at radius 1 is 0.808 bits per heavy atom. The number of benzene rings is 3. The van der Waals surface area contributed by atoms with Gasteiger partial charge in [0, 0.05) is 17.3 Å². The number of phenols is 2. The lowest BCUT2D eigenvalue weighted by atomic mass is 10.0. The number of nitrogens with zero attached hydrogens (tertiary/aromatic N) is 3. The number of aromatic hydroxyl groups is 2. The van der Waals surface area contributed by atoms with Gasteiger partial charge in [0.05, 0.1) is 0 Å². The number of rotatable bonds is 3. The van der Waals surface area contributed by atoms with Gasteiger partial charge in [0.1, 0.15) is 11.5 Å². The van der Waals surface area contributed by atoms with Crippen LogP contribution in [0.2, 0.25) is 0 Å². The van der Waals surface area contributed by atoms with Crippen LogP contribution in [-0.4, -0.2) is 25.2 Å². The van der Waals surface area contributed by atoms with Gasteiger partial charge in [-0.05, 0) is 41.1 Å². The molecule has 4 aromatic rings. The lowest BCUT2D eigenvalue weighted by Crippen LogP contribution is -2.05. The molecule has 1 heterocycles. The van der Waals surface area contributed by atoms with E-state index in [2.05, 4.69) is 20.3 Å². The Balaban J connectivity index is 1.80. The van der Waals surface area contributed by atoms with Crippen molar-refractivity contribution < 1.29 is 10.2 Å². The Kier molecular flexibility index (Phi) is 3.74. The summed E-state index contributed by atoms with van der Waals surface area (Å²) in [6.07, 6.45) is 0. The van der Waals surface area contributed by atoms with Gasteiger partial charge in [0.15, 0.2) is 5.82 Å². The van der Waals surface area contributed by atoms with Crippen LogP contribution in [0.15, 0.2) is 60.7 Å². The summed E-state index contributed by atoms with van der Waals surface area (Å²) in [6.45, 7) is 0. The van der Waals surface area contributed by atoms with E-state index in [4.69, 9.17) is 5.73 Å². The number of hydrogen-bond acceptors (Lipinski definition) is 7. The molecule has 0 atom stereocenters. The van der Waals surface area contributed by atoms with E-state index >= 15 is 0 Å². The first-order chi connectivity index (χ1) is 12.6. The molecule has 0 aliphatic carbocycles. The second-order valence-electron chi connectivity index (χ2n) is 5.73. The van der Waals surface area contributed by atoms with Crippen molar-refractivity contribution in [3.63, 3.8) is 0 Å². The van der Waals surface area contributed by atoms with Crippen LogP contribution in [0.1, 0.15) is 0 Å². The summed E-state index contributed by atoms with van der Waals surface area (Å²) in [5.41, 5.74) is 7.26. The number of nitrogens with two attached hydrogens (primary N) is 1. The Bertz CT molecular complexity index is 1110. The zero-order valence-electron chi connectivity index (χ0n) is 13.6. The zero-order valence-corrected chi connectivity index (χ0v) is 13.6. The van der Waals surface area contributed by atoms with Gasteiger partial charge in [0.25, 0.3) is 0 Å². The fourth-order valence-electron chi connectivity index (χ4n) is 2.75. The summed E-state index contributed by atoms with van der Waals surface area (Å²) in [5.74, 6) is 1.08. The molecular formula is C19H15N5O2. The molecule has 5 N–H and O–H groups in total. The standard InChI is InChI=1S/C19H15N5O2/c20-18-22-17(16-6-1-3-11-9-14(26)7-8-15(11)16)23-19(24-18)21-12-4-2-5-13(25)10-12/h1-10,25-26H,(H3,20,21,22,23,24). The molecule has 0 aliphatic heterocycles. The largest absolute Gasteiger partial charge is 0.508 e. The van der Waals surface area contributed by atoms with Crippen molar-refractivity contribution in [3.05, 3.63) is 60.7 Å². The lowest BCUT2D eigenvalue weighted by molar-refractivity contribution is 0.475. The van der Waals surface area contributed by atoms with E-state index < -0.39 is 0 Å². The number of hydrogen-bond donors (Lipinski definition) is 4. The summed E-state index contributed by atoms with van der Waals surface area (Å²) < 4.78 is 0. The Morgan fingerprint density at radius 2 is 1.62 bits per heavy atom. The molecule has 0 radical (unpaired) electrons. The van der Waals surface area contributed by atoms with Gasteiger partial charge >= 0.3 is 0 Å². The maximum atomic E-state index is 9.67. The average Bonchev–Trinajstić information content (AvgIpc) is 2.60. The molecule has 26 heavy (non-hydrogen) atoms. The Morgan fingerprint density at radius 3 is 2.46 bits per heavy atom. The predicted octanol–water partition coefficient (Wildman–Crippen LogP) is 3.43. The van der Waals surface area contributed by atoms with Crippen molar-refractivity contribution in [2.75, 3.05) is 11.1 Å². The van der Waals surface area contributed by atoms with Gasteiger partial charge in [-0.2, -0.15) is 15.0 Å². The molecule has 7 nitrogen and oxygen atoms in total. The third-order valence-electron chi connectivity index (χ3n) is 3.86. The molecule has 0 bridgehead atoms. The minimum atomic E-state index is 0.0773. The van der Waals surface area contributed by atoms with E-state index in [0.717, 1.165) is 16.3 Å². The quantitative estimate of drug-likeness (QED) is 0.449. The normalized spacial score (nSPS) is 10.8. The van der Waals surface area contributed by atoms with Crippen molar-refractivity contribution in [1.29, 1.82) is 0 Å². The molecule has 0 unspecified atom stereocenters. The molecule has 0 saturated heterocycles. The summed E-state index contributed by atoms with van der Waals surface area (Å²) >= 11 is 0. The lowest BCUT2D eigenvalue weighted by Gasteiger charge is -2.09. The van der Waals surface area contributed by atoms with Crippen molar-refractivity contribution in [1.82, 2.24) is 15.0 Å². The Hall–Kier alpha value is -3.87. The number of nitrogen functional groups attached to an aromatic ring is 1. The molecule has 0 fully saturated rings. The SMILES string of the molecule is Nc1nc(Nc2cccc(O)c2)nc(-c2cccc3cc(O)ccc23)n1. The molecule has 4 rings (SSSR count). The van der Waals surface area contributed by atoms with Gasteiger partial charge in [-0.3, -0.25) is 0 Å². The van der Waals surface area contributed by atoms with Gasteiger partial charge in [0.2, 0.25) is 11.9 Å². The molecule has 128 valence electrons. The smallest absolute Gasteiger partial charge is 0.232 e. The highest BCUT2D eigenvalue weighted by Crippen LogP contribution is 2.29. The van der Waals surface area contributed by atoms with Crippen molar-refractivity contribution in [2.24, 2.45) is 0 Å². The minimum absolute atomic E-state index is 0.0773. The second kappa shape index (κ2) is 6.21. The van der Waals surface area contributed by atoms with E-state index in [-0.39, 0.29) is 23.4 Å². The zero-order chi connectivity index (χ0) is 18.1. The maximum absolute atomic E-state index is 9.67. The van der Waals surface area contributed by atoms with E-state index in [0.29, 0.717) is 11.5 Å². The van der Waals surface area contributed by atoms with Crippen LogP contribution in [0, 0.1) is 0 Å². The fourth-order valence-corrected chi connectivity index (χ4v) is 2.75. The van der Waals surface area contributed by atoms with Gasteiger partial charge < -0.3 is 21.3 Å². The number of fused-ring (bicyclic) bond motifs is 1. The number of nitrogens with one attached hydrogen (secondary N) is 1. The van der Waals surface area contributed by atoms with E-state index in [1.54, 1.807) is 36.4 Å². The van der Waals surface area contributed by atoms with Crippen molar-refractivity contribution >= 4 is 28.4 Å². The molecule has 7 heteroatoms. The van der Waals surface area contributed by atoms with E-state index in [1.807, 2.05) is 24.3 Å². The summed E-state index contributed by atoms with van der Waals surface area (Å²) in [4.78, 5) is 12.8. The van der Waals surface area contributed by atoms with Gasteiger partial charge in [-0.1, -0.05) is 24.3 Å². The molecule has 1 aromatic heterocycles. The molecule has 0 spiro atoms. The minimum Gasteiger partial charge on any atom is -0.508 e. The average molecular weight is 345 g/mol. The maximum Gasteiger partial charge on any atom is 0.232 e. The van der Waals surface area contributed by atoms with Crippen LogP contribution in [0.5, 0.6) is 11.5 Å². The third-order valence-corrected chi connectivity index (χ3v) is 3.86. The van der Waals surface area contributed by atoms with Crippen LogP contribution in [0.25, 0.3) is 22.2 Å². The molecule has 3 aromatic carbocycles. The first-order valence-electron chi connectivity index (χ1n) is 7.88. The van der Waals surface area contributed by atoms with E-state index in [1.165, 1.54) is 0 Å². The summed E-state index contributed by atoms with van der Waals surface area (Å²) in [6, 6.07) is 17.4. The number of aromatic nitrogens is 3. The highest BCUT2D eigenvalue weighted by molar-refractivity contribution is 5.96. The summed E-state index contributed by atoms with van der Waals surface area (Å²) in [7, 11) is 0. The monoisotopic (exact) mass is 345 g/mol. The first kappa shape index (κ1) is 15.6. The predicted molar refractivity (Wildman–Crippen MR) is 100 cm³/mol.